The van der Waals surface area contributed by atoms with E-state index >= 15 is 0 Å². The molecule has 0 aliphatic rings. The van der Waals surface area contributed by atoms with Crippen molar-refractivity contribution in [3.05, 3.63) is 72.9 Å². The highest BCUT2D eigenvalue weighted by Gasteiger charge is 2.24. The first kappa shape index (κ1) is 66.9. The number of amides is 1. The van der Waals surface area contributed by atoms with Crippen molar-refractivity contribution in [3.63, 3.8) is 0 Å². The second kappa shape index (κ2) is 50.9. The summed E-state index contributed by atoms with van der Waals surface area (Å²) in [5.41, 5.74) is 0. The maximum absolute atomic E-state index is 13.0. The molecule has 0 spiro atoms. The van der Waals surface area contributed by atoms with Crippen molar-refractivity contribution in [1.29, 1.82) is 0 Å². The van der Waals surface area contributed by atoms with Crippen molar-refractivity contribution in [3.8, 4) is 0 Å². The van der Waals surface area contributed by atoms with Gasteiger partial charge in [0.05, 0.1) is 39.9 Å². The Hall–Kier alpha value is -2.06. The number of allylic oxidation sites excluding steroid dienone is 12. The van der Waals surface area contributed by atoms with E-state index in [1.54, 1.807) is 0 Å². The van der Waals surface area contributed by atoms with Gasteiger partial charge in [-0.1, -0.05) is 254 Å². The van der Waals surface area contributed by atoms with Crippen LogP contribution in [0.25, 0.3) is 0 Å². The maximum Gasteiger partial charge on any atom is 0.268 e. The Morgan fingerprint density at radius 2 is 0.884 bits per heavy atom. The van der Waals surface area contributed by atoms with Crippen molar-refractivity contribution in [1.82, 2.24) is 5.32 Å². The second-order valence-corrected chi connectivity index (χ2v) is 22.0. The van der Waals surface area contributed by atoms with Gasteiger partial charge in [0.1, 0.15) is 13.2 Å². The molecule has 1 amide bonds. The van der Waals surface area contributed by atoms with Crippen LogP contribution in [-0.4, -0.2) is 68.5 Å². The molecule has 3 atom stereocenters. The van der Waals surface area contributed by atoms with Gasteiger partial charge in [-0.25, -0.2) is 0 Å². The molecule has 0 bridgehead atoms. The summed E-state index contributed by atoms with van der Waals surface area (Å²) in [7, 11) is 1.28. The van der Waals surface area contributed by atoms with Crippen LogP contribution in [-0.2, 0) is 18.4 Å². The van der Waals surface area contributed by atoms with Gasteiger partial charge in [-0.2, -0.15) is 0 Å². The molecule has 0 aromatic heterocycles. The van der Waals surface area contributed by atoms with Gasteiger partial charge in [-0.15, -0.1) is 0 Å². The zero-order valence-electron chi connectivity index (χ0n) is 45.8. The summed E-state index contributed by atoms with van der Waals surface area (Å²) in [5, 5.41) is 14.0. The first-order valence-electron chi connectivity index (χ1n) is 28.8. The summed E-state index contributed by atoms with van der Waals surface area (Å²) in [6.07, 6.45) is 69.3. The number of phosphoric acid groups is 1. The fraction of sp³-hybridized carbons (Fsp3) is 0.783. The number of carbonyl (C=O) groups excluding carboxylic acids is 1. The summed E-state index contributed by atoms with van der Waals surface area (Å²) in [4.78, 5) is 25.5. The van der Waals surface area contributed by atoms with Gasteiger partial charge in [0.15, 0.2) is 0 Å². The highest BCUT2D eigenvalue weighted by molar-refractivity contribution is 7.45. The fourth-order valence-electron chi connectivity index (χ4n) is 8.22. The molecular formula is C60H111N2O6P. The van der Waals surface area contributed by atoms with Crippen LogP contribution in [0.2, 0.25) is 0 Å². The van der Waals surface area contributed by atoms with Crippen molar-refractivity contribution in [2.75, 3.05) is 40.9 Å². The van der Waals surface area contributed by atoms with Gasteiger partial charge < -0.3 is 28.8 Å². The van der Waals surface area contributed by atoms with Crippen LogP contribution in [0.4, 0.5) is 0 Å². The average Bonchev–Trinajstić information content (AvgIpc) is 3.31. The van der Waals surface area contributed by atoms with Crippen LogP contribution in [0.15, 0.2) is 72.9 Å². The number of nitrogens with one attached hydrogen (secondary N) is 1. The SMILES string of the molecule is CC/C=C\C/C=C\C/C=C\C/C=C\C/C=C\C/C=C\CCCCCCC(=O)NC(COP(=O)([O-])OCC[N+](C)(C)C)C(O)CCCCCCCCCCCCCCCCCCCCCCCCCC. The van der Waals surface area contributed by atoms with Crippen molar-refractivity contribution in [2.24, 2.45) is 0 Å². The summed E-state index contributed by atoms with van der Waals surface area (Å²) in [5.74, 6) is -0.189. The third-order valence-electron chi connectivity index (χ3n) is 12.7. The molecule has 0 aromatic rings. The number of likely N-dealkylation sites (N-methyl/N-ethyl adjacent to an activating group) is 1. The first-order valence-corrected chi connectivity index (χ1v) is 30.2. The van der Waals surface area contributed by atoms with Crippen molar-refractivity contribution in [2.45, 2.75) is 264 Å². The van der Waals surface area contributed by atoms with Crippen LogP contribution in [0.1, 0.15) is 251 Å². The maximum atomic E-state index is 13.0. The number of rotatable bonds is 52. The van der Waals surface area contributed by atoms with E-state index in [0.29, 0.717) is 23.9 Å². The number of nitrogens with zero attached hydrogens (tertiary/aromatic N) is 1. The Labute approximate surface area is 427 Å². The quantitative estimate of drug-likeness (QED) is 0.0272. The predicted molar refractivity (Wildman–Crippen MR) is 297 cm³/mol. The summed E-state index contributed by atoms with van der Waals surface area (Å²) in [6.45, 7) is 4.60. The molecule has 0 aliphatic carbocycles. The molecule has 0 aliphatic heterocycles. The third-order valence-corrected chi connectivity index (χ3v) is 13.7. The molecule has 69 heavy (non-hydrogen) atoms. The Balaban J connectivity index is 4.25. The van der Waals surface area contributed by atoms with E-state index in [0.717, 1.165) is 89.9 Å². The molecule has 402 valence electrons. The molecule has 2 N–H and O–H groups in total. The number of carbonyl (C=O) groups is 1. The highest BCUT2D eigenvalue weighted by Crippen LogP contribution is 2.38. The molecule has 8 nitrogen and oxygen atoms in total. The highest BCUT2D eigenvalue weighted by atomic mass is 31.2. The van der Waals surface area contributed by atoms with E-state index in [1.165, 1.54) is 135 Å². The van der Waals surface area contributed by atoms with Gasteiger partial charge in [0, 0.05) is 6.42 Å². The minimum Gasteiger partial charge on any atom is -0.756 e. The van der Waals surface area contributed by atoms with Crippen LogP contribution in [0.5, 0.6) is 0 Å². The van der Waals surface area contributed by atoms with E-state index < -0.39 is 20.0 Å². The molecule has 0 saturated heterocycles. The number of unbranched alkanes of at least 4 members (excludes halogenated alkanes) is 27. The van der Waals surface area contributed by atoms with Crippen LogP contribution in [0.3, 0.4) is 0 Å². The van der Waals surface area contributed by atoms with E-state index in [1.807, 2.05) is 21.1 Å². The Morgan fingerprint density at radius 3 is 1.29 bits per heavy atom. The number of hydrogen-bond donors (Lipinski definition) is 2. The van der Waals surface area contributed by atoms with Gasteiger partial charge in [-0.05, 0) is 64.2 Å². The lowest BCUT2D eigenvalue weighted by molar-refractivity contribution is -0.870. The van der Waals surface area contributed by atoms with Gasteiger partial charge in [0.2, 0.25) is 5.91 Å². The first-order chi connectivity index (χ1) is 33.5. The van der Waals surface area contributed by atoms with Crippen molar-refractivity contribution < 1.29 is 32.9 Å². The minimum absolute atomic E-state index is 0.00346. The Morgan fingerprint density at radius 1 is 0.522 bits per heavy atom. The van der Waals surface area contributed by atoms with Gasteiger partial charge >= 0.3 is 0 Å². The van der Waals surface area contributed by atoms with Crippen LogP contribution in [0, 0.1) is 0 Å². The molecule has 9 heteroatoms. The van der Waals surface area contributed by atoms with E-state index in [9.17, 15) is 19.4 Å². The third kappa shape index (κ3) is 53.6. The van der Waals surface area contributed by atoms with Gasteiger partial charge in [0.25, 0.3) is 7.82 Å². The topological polar surface area (TPSA) is 108 Å². The molecule has 3 unspecified atom stereocenters. The number of phosphoric ester groups is 1. The second-order valence-electron chi connectivity index (χ2n) is 20.6. The van der Waals surface area contributed by atoms with E-state index in [-0.39, 0.29) is 19.1 Å². The Kier molecular flexibility index (Phi) is 49.3. The lowest BCUT2D eigenvalue weighted by atomic mass is 10.0. The lowest BCUT2D eigenvalue weighted by Crippen LogP contribution is -2.46. The standard InChI is InChI=1S/C60H111N2O6P/c1-6-8-10-12-14-16-18-20-22-24-26-28-30-32-33-35-37-39-41-43-45-47-49-51-53-59(63)58(57-68-69(65,66)67-56-55-62(3,4)5)61-60(64)54-52-50-48-46-44-42-40-38-36-34-31-29-27-25-23-21-19-17-15-13-11-9-7-2/h9,11,15,17,21,23,27,29,34,36,40,42,58-59,63H,6-8,10,12-14,16,18-20,22,24-26,28,30-33,35,37-39,41,43-57H2,1-5H3,(H-,61,64,65,66)/b11-9-,17-15-,23-21-,29-27-,36-34-,42-40-. The van der Waals surface area contributed by atoms with Gasteiger partial charge in [-0.3, -0.25) is 9.36 Å². The average molecular weight is 988 g/mol. The molecule has 0 heterocycles. The normalized spacial score (nSPS) is 14.5. The molecule has 0 fully saturated rings. The number of aliphatic hydroxyl groups is 1. The zero-order valence-corrected chi connectivity index (χ0v) is 46.6. The molecule has 0 radical (unpaired) electrons. The monoisotopic (exact) mass is 987 g/mol. The van der Waals surface area contributed by atoms with E-state index in [4.69, 9.17) is 9.05 Å². The number of quaternary nitrogens is 1. The fourth-order valence-corrected chi connectivity index (χ4v) is 8.94. The minimum atomic E-state index is -4.59. The summed E-state index contributed by atoms with van der Waals surface area (Å²) >= 11 is 0. The summed E-state index contributed by atoms with van der Waals surface area (Å²) in [6, 6.07) is -0.820. The predicted octanol–water partition coefficient (Wildman–Crippen LogP) is 16.9. The molecule has 0 aromatic carbocycles. The zero-order chi connectivity index (χ0) is 50.6. The molecule has 0 saturated carbocycles. The lowest BCUT2D eigenvalue weighted by Gasteiger charge is -2.30. The number of aliphatic hydroxyl groups excluding tert-OH is 1. The molecular weight excluding hydrogens is 876 g/mol. The van der Waals surface area contributed by atoms with Crippen LogP contribution >= 0.6 is 7.82 Å². The van der Waals surface area contributed by atoms with E-state index in [2.05, 4.69) is 92.1 Å². The van der Waals surface area contributed by atoms with Crippen LogP contribution < -0.4 is 10.2 Å². The number of hydrogen-bond acceptors (Lipinski definition) is 6. The largest absolute Gasteiger partial charge is 0.756 e. The van der Waals surface area contributed by atoms with Crippen molar-refractivity contribution >= 4 is 13.7 Å². The Bertz CT molecular complexity index is 1350. The molecule has 0 rings (SSSR count). The smallest absolute Gasteiger partial charge is 0.268 e. The summed E-state index contributed by atoms with van der Waals surface area (Å²) < 4.78 is 23.4.